The zero-order chi connectivity index (χ0) is 23.0. The van der Waals surface area contributed by atoms with Gasteiger partial charge in [-0.15, -0.1) is 11.3 Å². The smallest absolute Gasteiger partial charge is 0.417 e. The second-order valence-electron chi connectivity index (χ2n) is 8.26. The molecule has 1 N–H and O–H groups in total. The van der Waals surface area contributed by atoms with Gasteiger partial charge in [0.2, 0.25) is 0 Å². The molecule has 0 bridgehead atoms. The Hall–Kier alpha value is -2.56. The molecule has 0 atom stereocenters. The number of carbonyl (C=O) groups excluding carboxylic acids is 2. The van der Waals surface area contributed by atoms with Crippen LogP contribution in [0.15, 0.2) is 11.4 Å². The van der Waals surface area contributed by atoms with E-state index in [-0.39, 0.29) is 27.6 Å². The minimum atomic E-state index is -4.60. The summed E-state index contributed by atoms with van der Waals surface area (Å²) in [6, 6.07) is 0.782. The van der Waals surface area contributed by atoms with Crippen molar-refractivity contribution in [3.63, 3.8) is 0 Å². The molecule has 0 radical (unpaired) electrons. The highest BCUT2D eigenvalue weighted by atomic mass is 32.1. The molecule has 7 nitrogen and oxygen atoms in total. The van der Waals surface area contributed by atoms with Crippen molar-refractivity contribution in [2.45, 2.75) is 51.4 Å². The van der Waals surface area contributed by atoms with Crippen LogP contribution in [0.1, 0.15) is 49.5 Å². The van der Waals surface area contributed by atoms with Gasteiger partial charge < -0.3 is 19.7 Å². The number of carbonyl (C=O) groups is 2. The second kappa shape index (κ2) is 8.52. The summed E-state index contributed by atoms with van der Waals surface area (Å²) in [5, 5.41) is 4.35. The molecule has 0 saturated carbocycles. The summed E-state index contributed by atoms with van der Waals surface area (Å²) in [4.78, 5) is 30.0. The Morgan fingerprint density at radius 3 is 2.42 bits per heavy atom. The summed E-state index contributed by atoms with van der Waals surface area (Å²) in [6.07, 6.45) is -3.97. The van der Waals surface area contributed by atoms with Crippen molar-refractivity contribution in [1.29, 1.82) is 0 Å². The minimum absolute atomic E-state index is 0.00334. The Morgan fingerprint density at radius 1 is 1.23 bits per heavy atom. The molecule has 0 aliphatic carbocycles. The van der Waals surface area contributed by atoms with Crippen molar-refractivity contribution >= 4 is 39.4 Å². The monoisotopic (exact) mass is 459 g/mol. The molecule has 3 heterocycles. The number of hydrogen-bond donors (Lipinski definition) is 1. The van der Waals surface area contributed by atoms with E-state index >= 15 is 0 Å². The van der Waals surface area contributed by atoms with E-state index in [1.54, 1.807) is 25.7 Å². The number of likely N-dealkylation sites (tertiary alicyclic amines) is 1. The third-order valence-corrected chi connectivity index (χ3v) is 5.73. The first-order valence-electron chi connectivity index (χ1n) is 9.71. The van der Waals surface area contributed by atoms with Crippen LogP contribution in [0.4, 0.5) is 23.8 Å². The molecular weight excluding hydrogens is 435 g/mol. The third-order valence-electron chi connectivity index (χ3n) is 4.73. The Bertz CT molecular complexity index is 976. The van der Waals surface area contributed by atoms with E-state index in [9.17, 15) is 22.8 Å². The predicted molar refractivity (Wildman–Crippen MR) is 110 cm³/mol. The number of esters is 1. The van der Waals surface area contributed by atoms with Crippen molar-refractivity contribution in [1.82, 2.24) is 9.88 Å². The number of fused-ring (bicyclic) bond motifs is 1. The van der Waals surface area contributed by atoms with Crippen molar-refractivity contribution in [3.8, 4) is 0 Å². The minimum Gasteiger partial charge on any atom is -0.465 e. The van der Waals surface area contributed by atoms with Crippen LogP contribution in [-0.2, 0) is 15.7 Å². The SMILES string of the molecule is COC(=O)c1csc2c(C(F)(F)F)cc(NC3CCN(C(=O)OC(C)(C)C)CC3)nc12. The maximum Gasteiger partial charge on any atom is 0.417 e. The molecule has 2 aromatic heterocycles. The number of thiophene rings is 1. The van der Waals surface area contributed by atoms with Gasteiger partial charge in [0.05, 0.1) is 28.5 Å². The summed E-state index contributed by atoms with van der Waals surface area (Å²) in [5.74, 6) is -0.714. The van der Waals surface area contributed by atoms with E-state index < -0.39 is 29.4 Å². The van der Waals surface area contributed by atoms with Crippen LogP contribution in [-0.4, -0.2) is 53.8 Å². The molecule has 1 aliphatic rings. The summed E-state index contributed by atoms with van der Waals surface area (Å²) < 4.78 is 50.8. The standard InChI is InChI=1S/C20H24F3N3O4S/c1-19(2,3)30-18(28)26-7-5-11(6-8-26)24-14-9-13(20(21,22)23)16-15(25-14)12(10-31-16)17(27)29-4/h9-11H,5-8H2,1-4H3,(H,24,25). The average molecular weight is 459 g/mol. The molecule has 1 saturated heterocycles. The first-order chi connectivity index (χ1) is 14.4. The molecule has 3 rings (SSSR count). The molecule has 1 amide bonds. The predicted octanol–water partition coefficient (Wildman–Crippen LogP) is 4.91. The van der Waals surface area contributed by atoms with Gasteiger partial charge in [0.1, 0.15) is 11.4 Å². The third kappa shape index (κ3) is 5.38. The van der Waals surface area contributed by atoms with Crippen molar-refractivity contribution < 1.29 is 32.2 Å². The largest absolute Gasteiger partial charge is 0.465 e. The van der Waals surface area contributed by atoms with Gasteiger partial charge in [-0.3, -0.25) is 0 Å². The van der Waals surface area contributed by atoms with Gasteiger partial charge in [0.15, 0.2) is 0 Å². The van der Waals surface area contributed by atoms with Crippen LogP contribution >= 0.6 is 11.3 Å². The number of ether oxygens (including phenoxy) is 2. The first-order valence-corrected chi connectivity index (χ1v) is 10.6. The summed E-state index contributed by atoms with van der Waals surface area (Å²) in [6.45, 7) is 6.17. The number of nitrogens with zero attached hydrogens (tertiary/aromatic N) is 2. The van der Waals surface area contributed by atoms with Gasteiger partial charge >= 0.3 is 18.2 Å². The lowest BCUT2D eigenvalue weighted by Crippen LogP contribution is -2.44. The van der Waals surface area contributed by atoms with Crippen LogP contribution in [0.2, 0.25) is 0 Å². The zero-order valence-electron chi connectivity index (χ0n) is 17.6. The van der Waals surface area contributed by atoms with E-state index in [2.05, 4.69) is 15.0 Å². The number of aromatic nitrogens is 1. The number of hydrogen-bond acceptors (Lipinski definition) is 7. The number of anilines is 1. The van der Waals surface area contributed by atoms with Gasteiger partial charge in [-0.2, -0.15) is 13.2 Å². The molecule has 1 aliphatic heterocycles. The highest BCUT2D eigenvalue weighted by Gasteiger charge is 2.36. The summed E-state index contributed by atoms with van der Waals surface area (Å²) >= 11 is 0.805. The van der Waals surface area contributed by atoms with Crippen LogP contribution in [0.25, 0.3) is 10.2 Å². The molecule has 31 heavy (non-hydrogen) atoms. The number of piperidine rings is 1. The van der Waals surface area contributed by atoms with Crippen LogP contribution in [0.5, 0.6) is 0 Å². The van der Waals surface area contributed by atoms with Gasteiger partial charge in [0.25, 0.3) is 0 Å². The van der Waals surface area contributed by atoms with Gasteiger partial charge in [-0.1, -0.05) is 0 Å². The molecule has 0 spiro atoms. The maximum absolute atomic E-state index is 13.6. The average Bonchev–Trinajstić information content (AvgIpc) is 3.09. The number of amides is 1. The molecule has 170 valence electrons. The van der Waals surface area contributed by atoms with E-state index in [0.29, 0.717) is 25.9 Å². The van der Waals surface area contributed by atoms with Crippen LogP contribution < -0.4 is 5.32 Å². The van der Waals surface area contributed by atoms with E-state index in [0.717, 1.165) is 24.5 Å². The number of alkyl halides is 3. The molecule has 2 aromatic rings. The molecule has 0 aromatic carbocycles. The van der Waals surface area contributed by atoms with Gasteiger partial charge in [0, 0.05) is 24.5 Å². The fourth-order valence-corrected chi connectivity index (χ4v) is 4.30. The van der Waals surface area contributed by atoms with Crippen molar-refractivity contribution in [2.24, 2.45) is 0 Å². The number of rotatable bonds is 3. The Kier molecular flexibility index (Phi) is 6.35. The fraction of sp³-hybridized carbons (Fsp3) is 0.550. The Labute approximate surface area is 181 Å². The maximum atomic E-state index is 13.6. The van der Waals surface area contributed by atoms with E-state index in [4.69, 9.17) is 4.74 Å². The number of methoxy groups -OCH3 is 1. The zero-order valence-corrected chi connectivity index (χ0v) is 18.4. The van der Waals surface area contributed by atoms with Gasteiger partial charge in [-0.25, -0.2) is 14.6 Å². The van der Waals surface area contributed by atoms with Gasteiger partial charge in [-0.05, 0) is 39.7 Å². The summed E-state index contributed by atoms with van der Waals surface area (Å²) in [7, 11) is 1.16. The molecular formula is C20H24F3N3O4S. The number of halogens is 3. The van der Waals surface area contributed by atoms with E-state index in [1.807, 2.05) is 0 Å². The fourth-order valence-electron chi connectivity index (χ4n) is 3.29. The van der Waals surface area contributed by atoms with Crippen LogP contribution in [0, 0.1) is 0 Å². The highest BCUT2D eigenvalue weighted by Crippen LogP contribution is 2.40. The molecule has 11 heteroatoms. The normalized spacial score (nSPS) is 15.8. The first kappa shape index (κ1) is 23.1. The van der Waals surface area contributed by atoms with Crippen molar-refractivity contribution in [3.05, 3.63) is 22.6 Å². The highest BCUT2D eigenvalue weighted by molar-refractivity contribution is 7.17. The summed E-state index contributed by atoms with van der Waals surface area (Å²) in [5.41, 5.74) is -1.50. The molecule has 1 fully saturated rings. The Morgan fingerprint density at radius 2 is 1.87 bits per heavy atom. The molecule has 0 unspecified atom stereocenters. The van der Waals surface area contributed by atoms with E-state index in [1.165, 1.54) is 5.38 Å². The lowest BCUT2D eigenvalue weighted by Gasteiger charge is -2.34. The number of pyridine rings is 1. The topological polar surface area (TPSA) is 80.8 Å². The Balaban J connectivity index is 1.79. The quantitative estimate of drug-likeness (QED) is 0.657. The van der Waals surface area contributed by atoms with Crippen LogP contribution in [0.3, 0.4) is 0 Å². The van der Waals surface area contributed by atoms with Crippen molar-refractivity contribution in [2.75, 3.05) is 25.5 Å². The second-order valence-corrected chi connectivity index (χ2v) is 9.14. The number of nitrogens with one attached hydrogen (secondary N) is 1. The lowest BCUT2D eigenvalue weighted by atomic mass is 10.1. The lowest BCUT2D eigenvalue weighted by molar-refractivity contribution is -0.136.